The maximum absolute atomic E-state index is 12.6. The van der Waals surface area contributed by atoms with Gasteiger partial charge in [0.2, 0.25) is 11.8 Å². The third-order valence-electron chi connectivity index (χ3n) is 6.51. The molecule has 1 aromatic heterocycles. The molecule has 2 aliphatic heterocycles. The summed E-state index contributed by atoms with van der Waals surface area (Å²) in [5.74, 6) is 0.993. The molecule has 3 aliphatic rings. The number of nitrogens with zero attached hydrogens (tertiary/aromatic N) is 3. The molecule has 2 amide bonds. The molecule has 3 fully saturated rings. The van der Waals surface area contributed by atoms with Crippen molar-refractivity contribution in [3.63, 3.8) is 0 Å². The zero-order valence-corrected chi connectivity index (χ0v) is 16.7. The minimum Gasteiger partial charge on any atom is -0.355 e. The highest BCUT2D eigenvalue weighted by molar-refractivity contribution is 5.81. The van der Waals surface area contributed by atoms with Crippen molar-refractivity contribution in [2.24, 2.45) is 11.8 Å². The highest BCUT2D eigenvalue weighted by atomic mass is 16.2. The minimum atomic E-state index is 0.0947. The van der Waals surface area contributed by atoms with Gasteiger partial charge in [0.15, 0.2) is 0 Å². The lowest BCUT2D eigenvalue weighted by Crippen LogP contribution is -2.51. The van der Waals surface area contributed by atoms with Crippen LogP contribution in [0.15, 0.2) is 24.5 Å². The number of hydrogen-bond donors (Lipinski definition) is 1. The van der Waals surface area contributed by atoms with Crippen molar-refractivity contribution in [3.8, 4) is 0 Å². The second kappa shape index (κ2) is 9.03. The summed E-state index contributed by atoms with van der Waals surface area (Å²) in [5.41, 5.74) is 1.20. The molecule has 1 aliphatic carbocycles. The third kappa shape index (κ3) is 4.90. The van der Waals surface area contributed by atoms with Crippen LogP contribution >= 0.6 is 0 Å². The lowest BCUT2D eigenvalue weighted by atomic mass is 9.93. The Morgan fingerprint density at radius 1 is 1.00 bits per heavy atom. The zero-order chi connectivity index (χ0) is 19.3. The first-order valence-electron chi connectivity index (χ1n) is 10.9. The van der Waals surface area contributed by atoms with E-state index < -0.39 is 0 Å². The molecule has 0 bridgehead atoms. The van der Waals surface area contributed by atoms with E-state index in [0.29, 0.717) is 24.4 Å². The molecule has 3 heterocycles. The number of amides is 2. The van der Waals surface area contributed by atoms with Gasteiger partial charge < -0.3 is 10.2 Å². The first-order chi connectivity index (χ1) is 13.7. The van der Waals surface area contributed by atoms with Crippen LogP contribution in [0.2, 0.25) is 0 Å². The molecule has 6 heteroatoms. The molecule has 1 aromatic rings. The number of aromatic nitrogens is 1. The topological polar surface area (TPSA) is 65.5 Å². The fraction of sp³-hybridized carbons (Fsp3) is 0.682. The van der Waals surface area contributed by atoms with Crippen LogP contribution in [0.3, 0.4) is 0 Å². The van der Waals surface area contributed by atoms with Gasteiger partial charge in [-0.2, -0.15) is 0 Å². The highest BCUT2D eigenvalue weighted by Crippen LogP contribution is 2.32. The quantitative estimate of drug-likeness (QED) is 0.813. The second-order valence-electron chi connectivity index (χ2n) is 8.56. The van der Waals surface area contributed by atoms with E-state index in [-0.39, 0.29) is 11.8 Å². The summed E-state index contributed by atoms with van der Waals surface area (Å²) in [6, 6.07) is 4.51. The van der Waals surface area contributed by atoms with Crippen molar-refractivity contribution in [1.29, 1.82) is 0 Å². The summed E-state index contributed by atoms with van der Waals surface area (Å²) in [5, 5.41) is 3.13. The van der Waals surface area contributed by atoms with E-state index in [4.69, 9.17) is 0 Å². The molecule has 28 heavy (non-hydrogen) atoms. The largest absolute Gasteiger partial charge is 0.355 e. The molecule has 152 valence electrons. The second-order valence-corrected chi connectivity index (χ2v) is 8.56. The summed E-state index contributed by atoms with van der Waals surface area (Å²) in [4.78, 5) is 33.5. The molecular formula is C22H32N4O2. The van der Waals surface area contributed by atoms with Gasteiger partial charge in [-0.05, 0) is 69.2 Å². The smallest absolute Gasteiger partial charge is 0.225 e. The summed E-state index contributed by atoms with van der Waals surface area (Å²) >= 11 is 0. The molecule has 0 spiro atoms. The molecule has 2 saturated heterocycles. The minimum absolute atomic E-state index is 0.0947. The summed E-state index contributed by atoms with van der Waals surface area (Å²) in [6.45, 7) is 4.41. The summed E-state index contributed by atoms with van der Waals surface area (Å²) in [6.07, 6.45) is 10.8. The first kappa shape index (κ1) is 19.4. The summed E-state index contributed by atoms with van der Waals surface area (Å²) in [7, 11) is 0. The molecule has 0 aromatic carbocycles. The SMILES string of the molecule is O=C(NCCc1ccncc1)[C@@H]1CCCN(C2CCN(C(=O)C3CC3)CC2)C1. The van der Waals surface area contributed by atoms with Gasteiger partial charge in [-0.25, -0.2) is 0 Å². The number of carbonyl (C=O) groups is 2. The van der Waals surface area contributed by atoms with Gasteiger partial charge in [0.25, 0.3) is 0 Å². The standard InChI is InChI=1S/C22H32N4O2/c27-21(24-12-7-17-5-10-23-11-6-17)19-2-1-13-26(16-19)20-8-14-25(15-9-20)22(28)18-3-4-18/h5-6,10-11,18-20H,1-4,7-9,12-16H2,(H,24,27)/t19-/m1/s1. The van der Waals surface area contributed by atoms with E-state index in [2.05, 4.69) is 20.1 Å². The monoisotopic (exact) mass is 384 g/mol. The van der Waals surface area contributed by atoms with E-state index in [1.807, 2.05) is 12.1 Å². The molecule has 4 rings (SSSR count). The maximum Gasteiger partial charge on any atom is 0.225 e. The fourth-order valence-corrected chi connectivity index (χ4v) is 4.62. The van der Waals surface area contributed by atoms with E-state index in [9.17, 15) is 9.59 Å². The third-order valence-corrected chi connectivity index (χ3v) is 6.51. The average molecular weight is 385 g/mol. The lowest BCUT2D eigenvalue weighted by Gasteiger charge is -2.42. The molecule has 0 unspecified atom stereocenters. The predicted molar refractivity (Wildman–Crippen MR) is 108 cm³/mol. The van der Waals surface area contributed by atoms with Crippen LogP contribution in [0.4, 0.5) is 0 Å². The number of hydrogen-bond acceptors (Lipinski definition) is 4. The molecule has 1 N–H and O–H groups in total. The van der Waals surface area contributed by atoms with Gasteiger partial charge >= 0.3 is 0 Å². The number of carbonyl (C=O) groups excluding carboxylic acids is 2. The summed E-state index contributed by atoms with van der Waals surface area (Å²) < 4.78 is 0. The van der Waals surface area contributed by atoms with Crippen LogP contribution in [0.1, 0.15) is 44.1 Å². The van der Waals surface area contributed by atoms with Crippen LogP contribution in [0, 0.1) is 11.8 Å². The van der Waals surface area contributed by atoms with Crippen LogP contribution in [-0.4, -0.2) is 65.4 Å². The Bertz CT molecular complexity index is 668. The Morgan fingerprint density at radius 2 is 1.75 bits per heavy atom. The zero-order valence-electron chi connectivity index (χ0n) is 16.7. The van der Waals surface area contributed by atoms with E-state index in [1.54, 1.807) is 12.4 Å². The highest BCUT2D eigenvalue weighted by Gasteiger charge is 2.37. The average Bonchev–Trinajstić information content (AvgIpc) is 3.60. The molecule has 1 saturated carbocycles. The van der Waals surface area contributed by atoms with Gasteiger partial charge in [0, 0.05) is 50.5 Å². The number of pyridine rings is 1. The van der Waals surface area contributed by atoms with E-state index in [0.717, 1.165) is 71.1 Å². The van der Waals surface area contributed by atoms with Gasteiger partial charge in [-0.15, -0.1) is 0 Å². The fourth-order valence-electron chi connectivity index (χ4n) is 4.62. The number of likely N-dealkylation sites (tertiary alicyclic amines) is 2. The lowest BCUT2D eigenvalue weighted by molar-refractivity contribution is -0.134. The predicted octanol–water partition coefficient (Wildman–Crippen LogP) is 1.85. The van der Waals surface area contributed by atoms with Gasteiger partial charge in [0.1, 0.15) is 0 Å². The molecule has 1 atom stereocenters. The Hall–Kier alpha value is -1.95. The van der Waals surface area contributed by atoms with Crippen molar-refractivity contribution in [2.75, 3.05) is 32.7 Å². The number of piperidine rings is 2. The molecule has 0 radical (unpaired) electrons. The Kier molecular flexibility index (Phi) is 6.25. The Labute approximate surface area is 167 Å². The Morgan fingerprint density at radius 3 is 2.46 bits per heavy atom. The van der Waals surface area contributed by atoms with Crippen molar-refractivity contribution < 1.29 is 9.59 Å². The molecule has 6 nitrogen and oxygen atoms in total. The van der Waals surface area contributed by atoms with Gasteiger partial charge in [0.05, 0.1) is 5.92 Å². The van der Waals surface area contributed by atoms with Crippen molar-refractivity contribution in [3.05, 3.63) is 30.1 Å². The van der Waals surface area contributed by atoms with Crippen molar-refractivity contribution in [2.45, 2.75) is 51.0 Å². The van der Waals surface area contributed by atoms with Crippen LogP contribution in [0.5, 0.6) is 0 Å². The van der Waals surface area contributed by atoms with Crippen molar-refractivity contribution in [1.82, 2.24) is 20.1 Å². The van der Waals surface area contributed by atoms with Crippen molar-refractivity contribution >= 4 is 11.8 Å². The van der Waals surface area contributed by atoms with Gasteiger partial charge in [-0.3, -0.25) is 19.5 Å². The van der Waals surface area contributed by atoms with Crippen LogP contribution in [0.25, 0.3) is 0 Å². The Balaban J connectivity index is 1.20. The van der Waals surface area contributed by atoms with Gasteiger partial charge in [-0.1, -0.05) is 0 Å². The normalized spacial score (nSPS) is 24.1. The van der Waals surface area contributed by atoms with E-state index >= 15 is 0 Å². The number of nitrogens with one attached hydrogen (secondary N) is 1. The number of rotatable bonds is 6. The first-order valence-corrected chi connectivity index (χ1v) is 10.9. The molecular weight excluding hydrogens is 352 g/mol. The maximum atomic E-state index is 12.6. The van der Waals surface area contributed by atoms with Crippen LogP contribution < -0.4 is 5.32 Å². The van der Waals surface area contributed by atoms with Crippen LogP contribution in [-0.2, 0) is 16.0 Å². The van der Waals surface area contributed by atoms with E-state index in [1.165, 1.54) is 5.56 Å².